The zero-order chi connectivity index (χ0) is 12.3. The Kier molecular flexibility index (Phi) is 3.65. The van der Waals surface area contributed by atoms with Crippen LogP contribution < -0.4 is 16.8 Å². The van der Waals surface area contributed by atoms with E-state index in [1.807, 2.05) is 0 Å². The Morgan fingerprint density at radius 2 is 2.12 bits per heavy atom. The monoisotopic (exact) mass is 229 g/mol. The molecule has 88 valence electrons. The van der Waals surface area contributed by atoms with Gasteiger partial charge in [0, 0.05) is 12.5 Å². The van der Waals surface area contributed by atoms with Crippen LogP contribution in [0, 0.1) is 11.6 Å². The molecule has 6 heteroatoms. The highest BCUT2D eigenvalue weighted by Crippen LogP contribution is 2.25. The number of amides is 1. The molecular weight excluding hydrogens is 216 g/mol. The van der Waals surface area contributed by atoms with Gasteiger partial charge in [-0.2, -0.15) is 0 Å². The van der Waals surface area contributed by atoms with E-state index < -0.39 is 23.6 Å². The number of nitrogen functional groups attached to an aromatic ring is 1. The standard InChI is InChI=1S/C10H13F2N3O/c1-5(4-8(14)16)15-10-7(13)3-2-6(11)9(10)12/h2-3,5,15H,4,13H2,1H3,(H2,14,16). The van der Waals surface area contributed by atoms with Gasteiger partial charge in [-0.1, -0.05) is 0 Å². The summed E-state index contributed by atoms with van der Waals surface area (Å²) in [6, 6.07) is 1.77. The maximum Gasteiger partial charge on any atom is 0.219 e. The second kappa shape index (κ2) is 4.78. The zero-order valence-corrected chi connectivity index (χ0v) is 8.76. The van der Waals surface area contributed by atoms with Crippen molar-refractivity contribution in [2.75, 3.05) is 11.1 Å². The zero-order valence-electron chi connectivity index (χ0n) is 8.76. The van der Waals surface area contributed by atoms with E-state index in [9.17, 15) is 13.6 Å². The molecule has 0 aromatic heterocycles. The van der Waals surface area contributed by atoms with E-state index in [-0.39, 0.29) is 17.8 Å². The number of halogens is 2. The van der Waals surface area contributed by atoms with Crippen molar-refractivity contribution in [1.82, 2.24) is 0 Å². The molecule has 1 aromatic carbocycles. The number of primary amides is 1. The first-order chi connectivity index (χ1) is 7.41. The van der Waals surface area contributed by atoms with Crippen molar-refractivity contribution in [1.29, 1.82) is 0 Å². The van der Waals surface area contributed by atoms with Crippen molar-refractivity contribution in [2.45, 2.75) is 19.4 Å². The Hall–Kier alpha value is -1.85. The van der Waals surface area contributed by atoms with Crippen molar-refractivity contribution >= 4 is 17.3 Å². The van der Waals surface area contributed by atoms with Crippen LogP contribution >= 0.6 is 0 Å². The molecule has 0 radical (unpaired) electrons. The highest BCUT2D eigenvalue weighted by atomic mass is 19.2. The second-order valence-electron chi connectivity index (χ2n) is 3.54. The minimum absolute atomic E-state index is 0.00932. The van der Waals surface area contributed by atoms with E-state index in [0.717, 1.165) is 6.07 Å². The number of benzene rings is 1. The predicted molar refractivity (Wildman–Crippen MR) is 57.7 cm³/mol. The molecule has 1 rings (SSSR count). The minimum atomic E-state index is -1.06. The summed E-state index contributed by atoms with van der Waals surface area (Å²) in [7, 11) is 0. The molecule has 1 aromatic rings. The van der Waals surface area contributed by atoms with Crippen LogP contribution in [0.25, 0.3) is 0 Å². The Morgan fingerprint density at radius 1 is 1.50 bits per heavy atom. The van der Waals surface area contributed by atoms with E-state index in [1.54, 1.807) is 6.92 Å². The fourth-order valence-electron chi connectivity index (χ4n) is 1.31. The number of carbonyl (C=O) groups is 1. The topological polar surface area (TPSA) is 81.1 Å². The van der Waals surface area contributed by atoms with Gasteiger partial charge in [0.2, 0.25) is 5.91 Å². The number of rotatable bonds is 4. The van der Waals surface area contributed by atoms with Crippen molar-refractivity contribution < 1.29 is 13.6 Å². The third kappa shape index (κ3) is 2.82. The Bertz CT molecular complexity index is 409. The lowest BCUT2D eigenvalue weighted by atomic mass is 10.2. The number of hydrogen-bond donors (Lipinski definition) is 3. The van der Waals surface area contributed by atoms with E-state index in [1.165, 1.54) is 6.07 Å². The first-order valence-electron chi connectivity index (χ1n) is 4.70. The maximum atomic E-state index is 13.3. The van der Waals surface area contributed by atoms with Gasteiger partial charge in [0.15, 0.2) is 11.6 Å². The molecule has 0 spiro atoms. The van der Waals surface area contributed by atoms with Crippen molar-refractivity contribution in [3.63, 3.8) is 0 Å². The average molecular weight is 229 g/mol. The smallest absolute Gasteiger partial charge is 0.219 e. The Balaban J connectivity index is 2.88. The number of nitrogens with two attached hydrogens (primary N) is 2. The molecule has 16 heavy (non-hydrogen) atoms. The Labute approximate surface area is 91.6 Å². The summed E-state index contributed by atoms with van der Waals surface area (Å²) < 4.78 is 26.2. The van der Waals surface area contributed by atoms with E-state index in [2.05, 4.69) is 5.32 Å². The SMILES string of the molecule is CC(CC(N)=O)Nc1c(N)ccc(F)c1F. The molecule has 0 saturated heterocycles. The number of carbonyl (C=O) groups excluding carboxylic acids is 1. The van der Waals surface area contributed by atoms with Gasteiger partial charge in [0.25, 0.3) is 0 Å². The molecule has 1 amide bonds. The van der Waals surface area contributed by atoms with Crippen LogP contribution in [0.1, 0.15) is 13.3 Å². The molecule has 0 bridgehead atoms. The fraction of sp³-hybridized carbons (Fsp3) is 0.300. The van der Waals surface area contributed by atoms with Gasteiger partial charge in [-0.25, -0.2) is 8.78 Å². The molecule has 0 aliphatic rings. The van der Waals surface area contributed by atoms with Crippen molar-refractivity contribution in [3.05, 3.63) is 23.8 Å². The van der Waals surface area contributed by atoms with Gasteiger partial charge in [0.1, 0.15) is 0 Å². The van der Waals surface area contributed by atoms with Crippen LogP contribution in [0.5, 0.6) is 0 Å². The molecule has 0 heterocycles. The molecule has 5 N–H and O–H groups in total. The predicted octanol–water partition coefficient (Wildman–Crippen LogP) is 1.22. The highest BCUT2D eigenvalue weighted by molar-refractivity contribution is 5.75. The van der Waals surface area contributed by atoms with Gasteiger partial charge < -0.3 is 16.8 Å². The lowest BCUT2D eigenvalue weighted by Crippen LogP contribution is -2.25. The molecule has 4 nitrogen and oxygen atoms in total. The van der Waals surface area contributed by atoms with Crippen molar-refractivity contribution in [2.24, 2.45) is 5.73 Å². The van der Waals surface area contributed by atoms with Gasteiger partial charge in [-0.15, -0.1) is 0 Å². The van der Waals surface area contributed by atoms with Gasteiger partial charge >= 0.3 is 0 Å². The molecule has 0 fully saturated rings. The fourth-order valence-corrected chi connectivity index (χ4v) is 1.31. The maximum absolute atomic E-state index is 13.3. The third-order valence-electron chi connectivity index (χ3n) is 2.03. The van der Waals surface area contributed by atoms with Crippen LogP contribution in [0.3, 0.4) is 0 Å². The van der Waals surface area contributed by atoms with E-state index in [0.29, 0.717) is 0 Å². The Morgan fingerprint density at radius 3 is 2.69 bits per heavy atom. The molecular formula is C10H13F2N3O. The quantitative estimate of drug-likeness (QED) is 0.679. The molecule has 0 saturated carbocycles. The molecule has 0 aliphatic carbocycles. The summed E-state index contributed by atoms with van der Waals surface area (Å²) >= 11 is 0. The van der Waals surface area contributed by atoms with E-state index in [4.69, 9.17) is 11.5 Å². The van der Waals surface area contributed by atoms with Crippen LogP contribution in [0.2, 0.25) is 0 Å². The van der Waals surface area contributed by atoms with Gasteiger partial charge in [-0.05, 0) is 19.1 Å². The number of hydrogen-bond acceptors (Lipinski definition) is 3. The summed E-state index contributed by atoms with van der Waals surface area (Å²) in [6.07, 6.45) is 0.00932. The summed E-state index contributed by atoms with van der Waals surface area (Å²) in [5.41, 5.74) is 10.4. The lowest BCUT2D eigenvalue weighted by molar-refractivity contribution is -0.118. The van der Waals surface area contributed by atoms with Crippen LogP contribution in [-0.2, 0) is 4.79 Å². The minimum Gasteiger partial charge on any atom is -0.397 e. The van der Waals surface area contributed by atoms with Crippen LogP contribution in [0.4, 0.5) is 20.2 Å². The molecule has 1 atom stereocenters. The third-order valence-corrected chi connectivity index (χ3v) is 2.03. The first kappa shape index (κ1) is 12.2. The average Bonchev–Trinajstić information content (AvgIpc) is 2.17. The summed E-state index contributed by atoms with van der Waals surface area (Å²) in [6.45, 7) is 1.62. The van der Waals surface area contributed by atoms with Gasteiger partial charge in [-0.3, -0.25) is 4.79 Å². The van der Waals surface area contributed by atoms with Gasteiger partial charge in [0.05, 0.1) is 11.4 Å². The van der Waals surface area contributed by atoms with Crippen molar-refractivity contribution in [3.8, 4) is 0 Å². The molecule has 1 unspecified atom stereocenters. The number of anilines is 2. The second-order valence-corrected chi connectivity index (χ2v) is 3.54. The summed E-state index contributed by atoms with van der Waals surface area (Å²) in [5, 5.41) is 2.61. The number of nitrogens with one attached hydrogen (secondary N) is 1. The largest absolute Gasteiger partial charge is 0.397 e. The van der Waals surface area contributed by atoms with Crippen LogP contribution in [0.15, 0.2) is 12.1 Å². The molecule has 0 aliphatic heterocycles. The highest BCUT2D eigenvalue weighted by Gasteiger charge is 2.14. The first-order valence-corrected chi connectivity index (χ1v) is 4.70. The summed E-state index contributed by atoms with van der Waals surface area (Å²) in [5.74, 6) is -2.59. The van der Waals surface area contributed by atoms with E-state index >= 15 is 0 Å². The summed E-state index contributed by atoms with van der Waals surface area (Å²) in [4.78, 5) is 10.6. The van der Waals surface area contributed by atoms with Crippen LogP contribution in [-0.4, -0.2) is 11.9 Å². The normalized spacial score (nSPS) is 12.2. The lowest BCUT2D eigenvalue weighted by Gasteiger charge is -2.16.